The molecule has 2 rings (SSSR count). The first-order chi connectivity index (χ1) is 6.77. The summed E-state index contributed by atoms with van der Waals surface area (Å²) >= 11 is 0. The van der Waals surface area contributed by atoms with E-state index in [9.17, 15) is 4.79 Å². The summed E-state index contributed by atoms with van der Waals surface area (Å²) < 4.78 is 4.95. The molecule has 1 heterocycles. The van der Waals surface area contributed by atoms with Crippen molar-refractivity contribution < 1.29 is 9.53 Å². The van der Waals surface area contributed by atoms with E-state index in [1.165, 1.54) is 11.1 Å². The van der Waals surface area contributed by atoms with Crippen LogP contribution in [0.5, 0.6) is 0 Å². The van der Waals surface area contributed by atoms with Gasteiger partial charge in [0, 0.05) is 12.5 Å². The van der Waals surface area contributed by atoms with Crippen LogP contribution >= 0.6 is 0 Å². The zero-order chi connectivity index (χ0) is 9.97. The van der Waals surface area contributed by atoms with Gasteiger partial charge in [-0.15, -0.1) is 0 Å². The van der Waals surface area contributed by atoms with Gasteiger partial charge in [0.2, 0.25) is 0 Å². The summed E-state index contributed by atoms with van der Waals surface area (Å²) in [6.45, 7) is 3.23. The van der Waals surface area contributed by atoms with Gasteiger partial charge >= 0.3 is 6.09 Å². The second kappa shape index (κ2) is 3.70. The Morgan fingerprint density at radius 2 is 2.21 bits per heavy atom. The number of amides is 1. The zero-order valence-corrected chi connectivity index (χ0v) is 8.12. The van der Waals surface area contributed by atoms with Crippen LogP contribution in [-0.4, -0.2) is 19.2 Å². The fourth-order valence-electron chi connectivity index (χ4n) is 1.74. The number of cyclic esters (lactones) is 1. The van der Waals surface area contributed by atoms with Crippen LogP contribution in [0.25, 0.3) is 0 Å². The number of aryl methyl sites for hydroxylation is 1. The topological polar surface area (TPSA) is 38.3 Å². The van der Waals surface area contributed by atoms with Crippen molar-refractivity contribution in [2.75, 3.05) is 13.2 Å². The summed E-state index contributed by atoms with van der Waals surface area (Å²) in [6, 6.07) is 8.19. The van der Waals surface area contributed by atoms with Crippen molar-refractivity contribution in [3.05, 3.63) is 35.4 Å². The molecule has 1 amide bonds. The maximum Gasteiger partial charge on any atom is 0.407 e. The van der Waals surface area contributed by atoms with Gasteiger partial charge in [-0.2, -0.15) is 0 Å². The van der Waals surface area contributed by atoms with E-state index in [1.807, 2.05) is 12.1 Å². The van der Waals surface area contributed by atoms with Gasteiger partial charge in [0.1, 0.15) is 6.61 Å². The van der Waals surface area contributed by atoms with Crippen LogP contribution in [-0.2, 0) is 4.74 Å². The lowest BCUT2D eigenvalue weighted by molar-refractivity contribution is 0.120. The van der Waals surface area contributed by atoms with Gasteiger partial charge in [-0.3, -0.25) is 0 Å². The first kappa shape index (κ1) is 9.06. The Morgan fingerprint density at radius 3 is 2.86 bits per heavy atom. The lowest BCUT2D eigenvalue weighted by Gasteiger charge is -2.24. The molecule has 3 nitrogen and oxygen atoms in total. The smallest absolute Gasteiger partial charge is 0.407 e. The van der Waals surface area contributed by atoms with Crippen LogP contribution in [0.4, 0.5) is 4.79 Å². The lowest BCUT2D eigenvalue weighted by Crippen LogP contribution is -2.37. The Morgan fingerprint density at radius 1 is 1.43 bits per heavy atom. The molecule has 0 aliphatic carbocycles. The minimum absolute atomic E-state index is 0.286. The number of carbonyl (C=O) groups excluding carboxylic acids is 1. The highest BCUT2D eigenvalue weighted by atomic mass is 16.6. The molecule has 1 aromatic rings. The number of hydrogen-bond acceptors (Lipinski definition) is 2. The molecule has 0 bridgehead atoms. The van der Waals surface area contributed by atoms with E-state index >= 15 is 0 Å². The van der Waals surface area contributed by atoms with Crippen molar-refractivity contribution in [2.24, 2.45) is 0 Å². The van der Waals surface area contributed by atoms with Crippen molar-refractivity contribution in [1.29, 1.82) is 0 Å². The van der Waals surface area contributed by atoms with E-state index in [0.29, 0.717) is 13.2 Å². The normalized spacial score (nSPS) is 21.2. The SMILES string of the molecule is Cc1ccccc1C1CNC(=O)OC1. The second-order valence-electron chi connectivity index (χ2n) is 3.53. The van der Waals surface area contributed by atoms with Gasteiger partial charge < -0.3 is 10.1 Å². The number of rotatable bonds is 1. The molecule has 1 aliphatic rings. The van der Waals surface area contributed by atoms with Crippen molar-refractivity contribution >= 4 is 6.09 Å². The van der Waals surface area contributed by atoms with Crippen molar-refractivity contribution in [3.8, 4) is 0 Å². The van der Waals surface area contributed by atoms with Gasteiger partial charge in [-0.1, -0.05) is 24.3 Å². The highest BCUT2D eigenvalue weighted by Gasteiger charge is 2.21. The minimum Gasteiger partial charge on any atom is -0.449 e. The van der Waals surface area contributed by atoms with Crippen molar-refractivity contribution in [3.63, 3.8) is 0 Å². The summed E-state index contributed by atoms with van der Waals surface area (Å²) in [5.74, 6) is 0.286. The number of hydrogen-bond donors (Lipinski definition) is 1. The van der Waals surface area contributed by atoms with E-state index in [1.54, 1.807) is 0 Å². The van der Waals surface area contributed by atoms with Crippen LogP contribution in [0.3, 0.4) is 0 Å². The molecule has 1 atom stereocenters. The van der Waals surface area contributed by atoms with Crippen LogP contribution in [0.2, 0.25) is 0 Å². The van der Waals surface area contributed by atoms with Gasteiger partial charge in [0.25, 0.3) is 0 Å². The van der Waals surface area contributed by atoms with E-state index in [4.69, 9.17) is 4.74 Å². The quantitative estimate of drug-likeness (QED) is 0.735. The van der Waals surface area contributed by atoms with E-state index < -0.39 is 0 Å². The maximum absolute atomic E-state index is 10.8. The monoisotopic (exact) mass is 191 g/mol. The van der Waals surface area contributed by atoms with Gasteiger partial charge in [-0.25, -0.2) is 4.79 Å². The van der Waals surface area contributed by atoms with Crippen LogP contribution in [0.1, 0.15) is 17.0 Å². The fraction of sp³-hybridized carbons (Fsp3) is 0.364. The molecule has 1 saturated heterocycles. The predicted octanol–water partition coefficient (Wildman–Crippen LogP) is 1.82. The maximum atomic E-state index is 10.8. The minimum atomic E-state index is -0.310. The van der Waals surface area contributed by atoms with E-state index in [-0.39, 0.29) is 12.0 Å². The molecule has 14 heavy (non-hydrogen) atoms. The Balaban J connectivity index is 2.16. The summed E-state index contributed by atoms with van der Waals surface area (Å²) in [6.07, 6.45) is -0.310. The second-order valence-corrected chi connectivity index (χ2v) is 3.53. The molecular weight excluding hydrogens is 178 g/mol. The first-order valence-corrected chi connectivity index (χ1v) is 4.73. The zero-order valence-electron chi connectivity index (χ0n) is 8.12. The third-order valence-corrected chi connectivity index (χ3v) is 2.54. The molecule has 1 aliphatic heterocycles. The molecule has 0 radical (unpaired) electrons. The Hall–Kier alpha value is -1.51. The molecule has 74 valence electrons. The summed E-state index contributed by atoms with van der Waals surface area (Å²) in [5, 5.41) is 2.70. The summed E-state index contributed by atoms with van der Waals surface area (Å²) in [5.41, 5.74) is 2.50. The molecule has 1 N–H and O–H groups in total. The highest BCUT2D eigenvalue weighted by molar-refractivity contribution is 5.68. The average Bonchev–Trinajstić information content (AvgIpc) is 2.20. The van der Waals surface area contributed by atoms with Gasteiger partial charge in [0.15, 0.2) is 0 Å². The van der Waals surface area contributed by atoms with E-state index in [2.05, 4.69) is 24.4 Å². The number of carbonyl (C=O) groups is 1. The molecule has 1 aromatic carbocycles. The molecule has 0 aromatic heterocycles. The first-order valence-electron chi connectivity index (χ1n) is 4.73. The van der Waals surface area contributed by atoms with Crippen LogP contribution in [0, 0.1) is 6.92 Å². The molecule has 1 unspecified atom stereocenters. The molecule has 0 saturated carbocycles. The molecule has 3 heteroatoms. The van der Waals surface area contributed by atoms with Crippen molar-refractivity contribution in [1.82, 2.24) is 5.32 Å². The predicted molar refractivity (Wildman–Crippen MR) is 53.3 cm³/mol. The third-order valence-electron chi connectivity index (χ3n) is 2.54. The molecule has 0 spiro atoms. The Bertz CT molecular complexity index is 339. The lowest BCUT2D eigenvalue weighted by atomic mass is 9.95. The number of nitrogens with one attached hydrogen (secondary N) is 1. The van der Waals surface area contributed by atoms with Crippen LogP contribution in [0.15, 0.2) is 24.3 Å². The number of benzene rings is 1. The van der Waals surface area contributed by atoms with Crippen LogP contribution < -0.4 is 5.32 Å². The van der Waals surface area contributed by atoms with Gasteiger partial charge in [0.05, 0.1) is 0 Å². The van der Waals surface area contributed by atoms with Crippen molar-refractivity contribution in [2.45, 2.75) is 12.8 Å². The number of ether oxygens (including phenoxy) is 1. The molecular formula is C11H13NO2. The largest absolute Gasteiger partial charge is 0.449 e. The van der Waals surface area contributed by atoms with Gasteiger partial charge in [-0.05, 0) is 18.1 Å². The standard InChI is InChI=1S/C11H13NO2/c1-8-4-2-3-5-10(8)9-6-12-11(13)14-7-9/h2-5,9H,6-7H2,1H3,(H,12,13). The molecule has 1 fully saturated rings. The fourth-order valence-corrected chi connectivity index (χ4v) is 1.74. The highest BCUT2D eigenvalue weighted by Crippen LogP contribution is 2.21. The summed E-state index contributed by atoms with van der Waals surface area (Å²) in [4.78, 5) is 10.8. The third kappa shape index (κ3) is 1.71. The Labute approximate surface area is 83.1 Å². The Kier molecular flexibility index (Phi) is 2.39. The summed E-state index contributed by atoms with van der Waals surface area (Å²) in [7, 11) is 0. The number of alkyl carbamates (subject to hydrolysis) is 1. The average molecular weight is 191 g/mol. The van der Waals surface area contributed by atoms with E-state index in [0.717, 1.165) is 0 Å².